The van der Waals surface area contributed by atoms with E-state index in [-0.39, 0.29) is 6.17 Å². The third-order valence-corrected chi connectivity index (χ3v) is 9.54. The maximum absolute atomic E-state index is 6.33. The van der Waals surface area contributed by atoms with E-state index >= 15 is 0 Å². The van der Waals surface area contributed by atoms with Gasteiger partial charge in [-0.15, -0.1) is 0 Å². The summed E-state index contributed by atoms with van der Waals surface area (Å²) in [5.41, 5.74) is 8.90. The van der Waals surface area contributed by atoms with E-state index in [2.05, 4.69) is 125 Å². The number of allylic oxidation sites excluding steroid dienone is 3. The van der Waals surface area contributed by atoms with Gasteiger partial charge in [0.1, 0.15) is 28.7 Å². The van der Waals surface area contributed by atoms with Crippen molar-refractivity contribution in [1.29, 1.82) is 0 Å². The van der Waals surface area contributed by atoms with E-state index in [0.29, 0.717) is 0 Å². The predicted octanol–water partition coefficient (Wildman–Crippen LogP) is 9.93. The van der Waals surface area contributed by atoms with Crippen LogP contribution in [0.1, 0.15) is 30.1 Å². The molecule has 10 rings (SSSR count). The van der Waals surface area contributed by atoms with Gasteiger partial charge in [-0.2, -0.15) is 0 Å². The number of nitrogens with one attached hydrogen (secondary N) is 1. The first kappa shape index (κ1) is 26.9. The van der Waals surface area contributed by atoms with E-state index in [1.165, 1.54) is 5.57 Å². The number of amidine groups is 2. The number of para-hydroxylation sites is 1. The van der Waals surface area contributed by atoms with Crippen molar-refractivity contribution in [2.75, 3.05) is 0 Å². The highest BCUT2D eigenvalue weighted by Gasteiger charge is 2.26. The molecule has 1 aliphatic heterocycles. The summed E-state index contributed by atoms with van der Waals surface area (Å²) in [5.74, 6) is 1.62. The third-order valence-electron chi connectivity index (χ3n) is 9.54. The van der Waals surface area contributed by atoms with Gasteiger partial charge in [0.25, 0.3) is 0 Å². The lowest BCUT2D eigenvalue weighted by Crippen LogP contribution is -2.34. The molecule has 0 amide bonds. The van der Waals surface area contributed by atoms with Crippen molar-refractivity contribution in [3.8, 4) is 11.1 Å². The number of pyridine rings is 1. The van der Waals surface area contributed by atoms with E-state index < -0.39 is 0 Å². The van der Waals surface area contributed by atoms with Crippen LogP contribution in [0.5, 0.6) is 0 Å². The second-order valence-corrected chi connectivity index (χ2v) is 12.4. The molecule has 8 aromatic rings. The standard InChI is InChI=1S/C42H29N5O/c1-3-13-26(14-4-1)39-44-40(27-15-5-2-6-16-27)46-41(45-39)37-31-19-9-7-17-29(31)36(30-18-8-10-20-32(30)37)28-23-24-35-43-38-33-21-11-12-22-34(33)48-42(38)47(35)25-28/h1-5,7-15,17-25,39H,6,16H2,(H,44,45,46). The van der Waals surface area contributed by atoms with Crippen LogP contribution in [0.4, 0.5) is 0 Å². The first-order chi connectivity index (χ1) is 23.8. The number of hydrogen-bond donors (Lipinski definition) is 1. The zero-order chi connectivity index (χ0) is 31.6. The lowest BCUT2D eigenvalue weighted by molar-refractivity contribution is 0.649. The summed E-state index contributed by atoms with van der Waals surface area (Å²) in [5, 5.41) is 9.18. The van der Waals surface area contributed by atoms with Crippen LogP contribution >= 0.6 is 0 Å². The van der Waals surface area contributed by atoms with Crippen LogP contribution in [0, 0.1) is 0 Å². The molecule has 3 aromatic heterocycles. The monoisotopic (exact) mass is 619 g/mol. The van der Waals surface area contributed by atoms with Gasteiger partial charge in [0.2, 0.25) is 5.71 Å². The molecule has 1 N–H and O–H groups in total. The largest absolute Gasteiger partial charge is 0.437 e. The molecule has 0 radical (unpaired) electrons. The second kappa shape index (κ2) is 10.6. The second-order valence-electron chi connectivity index (χ2n) is 12.4. The fraction of sp³-hybridized carbons (Fsp3) is 0.0714. The Bertz CT molecular complexity index is 2650. The number of imidazole rings is 1. The van der Waals surface area contributed by atoms with Crippen LogP contribution in [-0.4, -0.2) is 21.1 Å². The van der Waals surface area contributed by atoms with Crippen LogP contribution in [0.3, 0.4) is 0 Å². The molecule has 1 unspecified atom stereocenters. The van der Waals surface area contributed by atoms with Gasteiger partial charge in [0, 0.05) is 17.1 Å². The molecule has 6 heteroatoms. The molecule has 1 aliphatic carbocycles. The van der Waals surface area contributed by atoms with Crippen LogP contribution in [0.25, 0.3) is 60.5 Å². The lowest BCUT2D eigenvalue weighted by Gasteiger charge is -2.26. The molecule has 0 fully saturated rings. The molecular weight excluding hydrogens is 590 g/mol. The Labute approximate surface area is 276 Å². The molecular formula is C42H29N5O. The highest BCUT2D eigenvalue weighted by molar-refractivity contribution is 6.28. The Hall–Kier alpha value is -6.27. The van der Waals surface area contributed by atoms with Crippen LogP contribution in [-0.2, 0) is 0 Å². The first-order valence-corrected chi connectivity index (χ1v) is 16.4. The molecule has 0 saturated heterocycles. The summed E-state index contributed by atoms with van der Waals surface area (Å²) >= 11 is 0. The number of furan rings is 1. The summed E-state index contributed by atoms with van der Waals surface area (Å²) < 4.78 is 8.41. The molecule has 6 nitrogen and oxygen atoms in total. The van der Waals surface area contributed by atoms with Crippen molar-refractivity contribution in [1.82, 2.24) is 14.7 Å². The lowest BCUT2D eigenvalue weighted by atomic mass is 9.88. The molecule has 0 saturated carbocycles. The predicted molar refractivity (Wildman–Crippen MR) is 196 cm³/mol. The summed E-state index contributed by atoms with van der Waals surface area (Å²) in [6, 6.07) is 40.0. The molecule has 48 heavy (non-hydrogen) atoms. The number of hydrogen-bond acceptors (Lipinski definition) is 5. The van der Waals surface area contributed by atoms with Gasteiger partial charge in [-0.05, 0) is 80.9 Å². The number of benzene rings is 5. The van der Waals surface area contributed by atoms with Crippen molar-refractivity contribution in [2.24, 2.45) is 9.98 Å². The maximum Gasteiger partial charge on any atom is 0.232 e. The van der Waals surface area contributed by atoms with Gasteiger partial charge >= 0.3 is 0 Å². The maximum atomic E-state index is 6.33. The Balaban J connectivity index is 1.23. The van der Waals surface area contributed by atoms with E-state index in [1.807, 2.05) is 24.3 Å². The SMILES string of the molecule is C1=CCCC(C2=NC(c3c4ccccc4c(-c4ccc5nc6c7ccccc7oc6n5c4)c4ccccc34)=NC(c3ccccc3)N2)=C1. The highest BCUT2D eigenvalue weighted by atomic mass is 16.3. The van der Waals surface area contributed by atoms with Crippen molar-refractivity contribution >= 4 is 61.1 Å². The number of aromatic nitrogens is 2. The van der Waals surface area contributed by atoms with Crippen LogP contribution < -0.4 is 5.32 Å². The van der Waals surface area contributed by atoms with Crippen molar-refractivity contribution in [2.45, 2.75) is 19.0 Å². The Morgan fingerprint density at radius 3 is 2.12 bits per heavy atom. The molecule has 0 bridgehead atoms. The summed E-state index contributed by atoms with van der Waals surface area (Å²) in [6.07, 6.45) is 10.3. The fourth-order valence-electron chi connectivity index (χ4n) is 7.31. The molecule has 4 heterocycles. The zero-order valence-corrected chi connectivity index (χ0v) is 26.0. The van der Waals surface area contributed by atoms with Gasteiger partial charge in [-0.25, -0.2) is 15.0 Å². The minimum Gasteiger partial charge on any atom is -0.437 e. The average molecular weight is 620 g/mol. The third kappa shape index (κ3) is 4.16. The zero-order valence-electron chi connectivity index (χ0n) is 26.0. The average Bonchev–Trinajstić information content (AvgIpc) is 3.70. The van der Waals surface area contributed by atoms with Gasteiger partial charge in [0.15, 0.2) is 5.84 Å². The van der Waals surface area contributed by atoms with Gasteiger partial charge in [-0.3, -0.25) is 4.40 Å². The molecule has 0 spiro atoms. The molecule has 1 atom stereocenters. The smallest absolute Gasteiger partial charge is 0.232 e. The van der Waals surface area contributed by atoms with Gasteiger partial charge < -0.3 is 9.73 Å². The van der Waals surface area contributed by atoms with Gasteiger partial charge in [-0.1, -0.05) is 109 Å². The number of fused-ring (bicyclic) bond motifs is 7. The Morgan fingerprint density at radius 2 is 1.40 bits per heavy atom. The highest BCUT2D eigenvalue weighted by Crippen LogP contribution is 2.41. The van der Waals surface area contributed by atoms with E-state index in [4.69, 9.17) is 19.4 Å². The quantitative estimate of drug-likeness (QED) is 0.199. The fourth-order valence-corrected chi connectivity index (χ4v) is 7.31. The van der Waals surface area contributed by atoms with Gasteiger partial charge in [0.05, 0.1) is 0 Å². The molecule has 2 aliphatic rings. The number of nitrogens with zero attached hydrogens (tertiary/aromatic N) is 4. The molecule has 5 aromatic carbocycles. The van der Waals surface area contributed by atoms with Crippen LogP contribution in [0.15, 0.2) is 160 Å². The van der Waals surface area contributed by atoms with Crippen molar-refractivity contribution in [3.05, 3.63) is 156 Å². The van der Waals surface area contributed by atoms with Crippen molar-refractivity contribution in [3.63, 3.8) is 0 Å². The summed E-state index contributed by atoms with van der Waals surface area (Å²) in [7, 11) is 0. The normalized spacial score (nSPS) is 16.4. The van der Waals surface area contributed by atoms with E-state index in [9.17, 15) is 0 Å². The van der Waals surface area contributed by atoms with E-state index in [1.54, 1.807) is 0 Å². The number of rotatable bonds is 4. The Kier molecular flexibility index (Phi) is 5.96. The minimum atomic E-state index is -0.257. The summed E-state index contributed by atoms with van der Waals surface area (Å²) in [4.78, 5) is 15.5. The Morgan fingerprint density at radius 1 is 0.708 bits per heavy atom. The van der Waals surface area contributed by atoms with E-state index in [0.717, 1.165) is 96.2 Å². The summed E-state index contributed by atoms with van der Waals surface area (Å²) in [6.45, 7) is 0. The minimum absolute atomic E-state index is 0.257. The molecule has 228 valence electrons. The topological polar surface area (TPSA) is 67.2 Å². The first-order valence-electron chi connectivity index (χ1n) is 16.4. The van der Waals surface area contributed by atoms with Crippen LogP contribution in [0.2, 0.25) is 0 Å². The van der Waals surface area contributed by atoms with Crippen molar-refractivity contribution < 1.29 is 4.42 Å². The number of aliphatic imine (C=N–C) groups is 2.